The molecule has 0 radical (unpaired) electrons. The van der Waals surface area contributed by atoms with Gasteiger partial charge in [0.15, 0.2) is 5.16 Å². The molecule has 1 aliphatic heterocycles. The molecule has 1 aromatic heterocycles. The second-order valence-electron chi connectivity index (χ2n) is 5.94. The Morgan fingerprint density at radius 3 is 3.04 bits per heavy atom. The van der Waals surface area contributed by atoms with E-state index in [-0.39, 0.29) is 11.7 Å². The van der Waals surface area contributed by atoms with Crippen molar-refractivity contribution in [3.05, 3.63) is 18.2 Å². The number of nitrogens with zero attached hydrogens (tertiary/aromatic N) is 2. The summed E-state index contributed by atoms with van der Waals surface area (Å²) in [4.78, 5) is 33.3. The minimum atomic E-state index is -0.480. The summed E-state index contributed by atoms with van der Waals surface area (Å²) in [6.45, 7) is 3.13. The molecule has 2 amide bonds. The molecule has 1 atom stereocenters. The van der Waals surface area contributed by atoms with Gasteiger partial charge in [-0.15, -0.1) is 0 Å². The minimum Gasteiger partial charge on any atom is -0.494 e. The number of fused-ring (bicyclic) bond motifs is 1. The predicted octanol–water partition coefficient (Wildman–Crippen LogP) is 1.92. The van der Waals surface area contributed by atoms with E-state index >= 15 is 0 Å². The zero-order valence-electron chi connectivity index (χ0n) is 14.2. The highest BCUT2D eigenvalue weighted by atomic mass is 32.2. The van der Waals surface area contributed by atoms with Crippen molar-refractivity contribution < 1.29 is 14.3 Å². The number of nitrogens with two attached hydrogens (primary N) is 1. The van der Waals surface area contributed by atoms with Crippen molar-refractivity contribution in [1.82, 2.24) is 14.9 Å². The Kier molecular flexibility index (Phi) is 5.47. The van der Waals surface area contributed by atoms with Crippen LogP contribution in [0, 0.1) is 0 Å². The number of primary amides is 1. The van der Waals surface area contributed by atoms with Gasteiger partial charge >= 0.3 is 0 Å². The van der Waals surface area contributed by atoms with Crippen LogP contribution in [-0.4, -0.2) is 51.6 Å². The molecule has 0 spiro atoms. The number of H-pyrrole nitrogens is 1. The lowest BCUT2D eigenvalue weighted by Crippen LogP contribution is -2.51. The fourth-order valence-electron chi connectivity index (χ4n) is 3.03. The number of amides is 2. The van der Waals surface area contributed by atoms with E-state index in [4.69, 9.17) is 10.5 Å². The molecule has 0 bridgehead atoms. The predicted molar refractivity (Wildman–Crippen MR) is 96.5 cm³/mol. The zero-order valence-corrected chi connectivity index (χ0v) is 15.0. The molecule has 25 heavy (non-hydrogen) atoms. The number of carbonyl (C=O) groups excluding carboxylic acids is 2. The number of benzene rings is 1. The van der Waals surface area contributed by atoms with Crippen molar-refractivity contribution in [2.75, 3.05) is 18.9 Å². The SMILES string of the molecule is CCOc1ccc2nc(SCC(=O)N3CCCC[C@@H]3C(N)=O)[nH]c2c1. The van der Waals surface area contributed by atoms with Gasteiger partial charge in [0, 0.05) is 12.6 Å². The number of imidazole rings is 1. The smallest absolute Gasteiger partial charge is 0.240 e. The average molecular weight is 362 g/mol. The quantitative estimate of drug-likeness (QED) is 0.765. The van der Waals surface area contributed by atoms with E-state index in [1.54, 1.807) is 4.90 Å². The van der Waals surface area contributed by atoms with Crippen molar-refractivity contribution in [2.45, 2.75) is 37.4 Å². The van der Waals surface area contributed by atoms with Gasteiger partial charge < -0.3 is 20.4 Å². The largest absolute Gasteiger partial charge is 0.494 e. The van der Waals surface area contributed by atoms with E-state index in [2.05, 4.69) is 9.97 Å². The molecule has 1 aliphatic rings. The summed E-state index contributed by atoms with van der Waals surface area (Å²) in [5.74, 6) is 0.500. The van der Waals surface area contributed by atoms with Crippen molar-refractivity contribution in [1.29, 1.82) is 0 Å². The lowest BCUT2D eigenvalue weighted by atomic mass is 10.0. The standard InChI is InChI=1S/C17H22N4O3S/c1-2-24-11-6-7-12-13(9-11)20-17(19-12)25-10-15(22)21-8-4-3-5-14(21)16(18)23/h6-7,9,14H,2-5,8,10H2,1H3,(H2,18,23)(H,19,20)/t14-/m1/s1. The van der Waals surface area contributed by atoms with E-state index < -0.39 is 11.9 Å². The number of aromatic amines is 1. The molecule has 1 saturated heterocycles. The summed E-state index contributed by atoms with van der Waals surface area (Å²) in [6, 6.07) is 5.17. The molecular formula is C17H22N4O3S. The summed E-state index contributed by atoms with van der Waals surface area (Å²) >= 11 is 1.33. The van der Waals surface area contributed by atoms with Gasteiger partial charge in [0.1, 0.15) is 11.8 Å². The summed E-state index contributed by atoms with van der Waals surface area (Å²) < 4.78 is 5.48. The second-order valence-corrected chi connectivity index (χ2v) is 6.91. The number of hydrogen-bond acceptors (Lipinski definition) is 5. The van der Waals surface area contributed by atoms with Crippen LogP contribution in [0.5, 0.6) is 5.75 Å². The lowest BCUT2D eigenvalue weighted by Gasteiger charge is -2.33. The van der Waals surface area contributed by atoms with Crippen molar-refractivity contribution >= 4 is 34.6 Å². The van der Waals surface area contributed by atoms with Crippen molar-refractivity contribution in [3.8, 4) is 5.75 Å². The van der Waals surface area contributed by atoms with Crippen LogP contribution >= 0.6 is 11.8 Å². The molecule has 1 aromatic carbocycles. The molecule has 0 saturated carbocycles. The Morgan fingerprint density at radius 2 is 2.28 bits per heavy atom. The number of ether oxygens (including phenoxy) is 1. The number of likely N-dealkylation sites (tertiary alicyclic amines) is 1. The number of piperidine rings is 1. The molecule has 1 fully saturated rings. The maximum atomic E-state index is 12.5. The molecular weight excluding hydrogens is 340 g/mol. The van der Waals surface area contributed by atoms with Crippen LogP contribution in [0.25, 0.3) is 11.0 Å². The Balaban J connectivity index is 1.65. The van der Waals surface area contributed by atoms with Crippen molar-refractivity contribution in [3.63, 3.8) is 0 Å². The summed E-state index contributed by atoms with van der Waals surface area (Å²) in [6.07, 6.45) is 2.48. The molecule has 8 heteroatoms. The first-order valence-electron chi connectivity index (χ1n) is 8.42. The van der Waals surface area contributed by atoms with E-state index in [0.29, 0.717) is 24.7 Å². The van der Waals surface area contributed by atoms with Crippen LogP contribution in [0.3, 0.4) is 0 Å². The number of rotatable bonds is 6. The van der Waals surface area contributed by atoms with E-state index in [1.165, 1.54) is 11.8 Å². The second kappa shape index (κ2) is 7.77. The van der Waals surface area contributed by atoms with Gasteiger partial charge in [-0.25, -0.2) is 4.98 Å². The van der Waals surface area contributed by atoms with E-state index in [9.17, 15) is 9.59 Å². The Hall–Kier alpha value is -2.22. The van der Waals surface area contributed by atoms with Crippen LogP contribution in [0.2, 0.25) is 0 Å². The van der Waals surface area contributed by atoms with Crippen LogP contribution in [-0.2, 0) is 9.59 Å². The molecule has 7 nitrogen and oxygen atoms in total. The van der Waals surface area contributed by atoms with Gasteiger partial charge in [0.05, 0.1) is 23.4 Å². The monoisotopic (exact) mass is 362 g/mol. The third-order valence-electron chi connectivity index (χ3n) is 4.23. The Labute approximate surface area is 150 Å². The van der Waals surface area contributed by atoms with E-state index in [1.807, 2.05) is 25.1 Å². The Morgan fingerprint density at radius 1 is 1.44 bits per heavy atom. The normalized spacial score (nSPS) is 17.6. The number of aromatic nitrogens is 2. The average Bonchev–Trinajstić information content (AvgIpc) is 3.02. The van der Waals surface area contributed by atoms with Gasteiger partial charge in [-0.2, -0.15) is 0 Å². The fraction of sp³-hybridized carbons (Fsp3) is 0.471. The number of carbonyl (C=O) groups is 2. The third kappa shape index (κ3) is 4.07. The molecule has 134 valence electrons. The molecule has 0 aliphatic carbocycles. The third-order valence-corrected chi connectivity index (χ3v) is 5.08. The molecule has 2 aromatic rings. The summed E-state index contributed by atoms with van der Waals surface area (Å²) in [5, 5.41) is 0.671. The van der Waals surface area contributed by atoms with Gasteiger partial charge in [0.25, 0.3) is 0 Å². The van der Waals surface area contributed by atoms with Crippen LogP contribution in [0.15, 0.2) is 23.4 Å². The first-order chi connectivity index (χ1) is 12.1. The highest BCUT2D eigenvalue weighted by molar-refractivity contribution is 7.99. The maximum Gasteiger partial charge on any atom is 0.240 e. The van der Waals surface area contributed by atoms with Gasteiger partial charge in [-0.1, -0.05) is 11.8 Å². The van der Waals surface area contributed by atoms with Crippen LogP contribution in [0.4, 0.5) is 0 Å². The fourth-order valence-corrected chi connectivity index (χ4v) is 3.80. The first-order valence-corrected chi connectivity index (χ1v) is 9.41. The highest BCUT2D eigenvalue weighted by Crippen LogP contribution is 2.24. The van der Waals surface area contributed by atoms with Gasteiger partial charge in [-0.3, -0.25) is 9.59 Å². The Bertz CT molecular complexity index is 776. The van der Waals surface area contributed by atoms with Crippen molar-refractivity contribution in [2.24, 2.45) is 5.73 Å². The number of hydrogen-bond donors (Lipinski definition) is 2. The van der Waals surface area contributed by atoms with Gasteiger partial charge in [-0.05, 0) is 38.3 Å². The first kappa shape index (κ1) is 17.6. The molecule has 0 unspecified atom stereocenters. The highest BCUT2D eigenvalue weighted by Gasteiger charge is 2.30. The molecule has 2 heterocycles. The maximum absolute atomic E-state index is 12.5. The van der Waals surface area contributed by atoms with E-state index in [0.717, 1.165) is 29.6 Å². The summed E-state index contributed by atoms with van der Waals surface area (Å²) in [5.41, 5.74) is 7.12. The van der Waals surface area contributed by atoms with Crippen LogP contribution < -0.4 is 10.5 Å². The summed E-state index contributed by atoms with van der Waals surface area (Å²) in [7, 11) is 0. The molecule has 3 N–H and O–H groups in total. The zero-order chi connectivity index (χ0) is 17.8. The number of thioether (sulfide) groups is 1. The lowest BCUT2D eigenvalue weighted by molar-refractivity contribution is -0.138. The molecule has 3 rings (SSSR count). The minimum absolute atomic E-state index is 0.0797. The topological polar surface area (TPSA) is 101 Å². The van der Waals surface area contributed by atoms with Gasteiger partial charge in [0.2, 0.25) is 11.8 Å². The number of nitrogens with one attached hydrogen (secondary N) is 1. The van der Waals surface area contributed by atoms with Crippen LogP contribution in [0.1, 0.15) is 26.2 Å².